The fourth-order valence-corrected chi connectivity index (χ4v) is 3.19. The van der Waals surface area contributed by atoms with E-state index in [-0.39, 0.29) is 18.0 Å². The molecule has 0 spiro atoms. The summed E-state index contributed by atoms with van der Waals surface area (Å²) >= 11 is 1.51. The third kappa shape index (κ3) is 3.94. The van der Waals surface area contributed by atoms with Gasteiger partial charge in [0.1, 0.15) is 5.75 Å². The summed E-state index contributed by atoms with van der Waals surface area (Å²) in [5, 5.41) is 2.76. The molecule has 1 heterocycles. The molecule has 0 radical (unpaired) electrons. The second-order valence-electron chi connectivity index (χ2n) is 5.34. The number of carbonyl (C=O) groups excluding carboxylic acids is 1. The topological polar surface area (TPSA) is 56.8 Å². The maximum atomic E-state index is 12.3. The number of benzene rings is 2. The molecule has 1 atom stereocenters. The number of hydrogen-bond donors (Lipinski definition) is 1. The molecule has 1 unspecified atom stereocenters. The molecule has 1 amide bonds. The highest BCUT2D eigenvalue weighted by Crippen LogP contribution is 2.32. The van der Waals surface area contributed by atoms with Gasteiger partial charge in [-0.05, 0) is 48.9 Å². The largest absolute Gasteiger partial charge is 0.497 e. The van der Waals surface area contributed by atoms with Gasteiger partial charge in [-0.3, -0.25) is 4.79 Å². The summed E-state index contributed by atoms with van der Waals surface area (Å²) in [4.78, 5) is 13.3. The van der Waals surface area contributed by atoms with Crippen LogP contribution >= 0.6 is 11.8 Å². The summed E-state index contributed by atoms with van der Waals surface area (Å²) in [5.41, 5.74) is 0.981. The Morgan fingerprint density at radius 1 is 1.21 bits per heavy atom. The number of carbonyl (C=O) groups is 1. The quantitative estimate of drug-likeness (QED) is 0.815. The van der Waals surface area contributed by atoms with Crippen molar-refractivity contribution in [2.24, 2.45) is 0 Å². The maximum Gasteiger partial charge on any atom is 0.233 e. The highest BCUT2D eigenvalue weighted by molar-refractivity contribution is 8.00. The summed E-state index contributed by atoms with van der Waals surface area (Å²) in [7, 11) is 1.63. The van der Waals surface area contributed by atoms with Gasteiger partial charge in [0.15, 0.2) is 11.5 Å². The van der Waals surface area contributed by atoms with Crippen molar-refractivity contribution in [3.05, 3.63) is 48.0 Å². The van der Waals surface area contributed by atoms with E-state index in [2.05, 4.69) is 5.32 Å². The van der Waals surface area contributed by atoms with Gasteiger partial charge in [-0.25, -0.2) is 0 Å². The number of hydrogen-bond acceptors (Lipinski definition) is 5. The van der Waals surface area contributed by atoms with Crippen molar-refractivity contribution < 1.29 is 19.0 Å². The summed E-state index contributed by atoms with van der Waals surface area (Å²) in [6, 6.07) is 13.4. The van der Waals surface area contributed by atoms with Crippen LogP contribution in [0.2, 0.25) is 0 Å². The normalized spacial score (nSPS) is 13.4. The second kappa shape index (κ2) is 7.49. The molecule has 126 valence electrons. The Hall–Kier alpha value is -2.34. The van der Waals surface area contributed by atoms with Crippen LogP contribution in [0.1, 0.15) is 12.5 Å². The molecule has 24 heavy (non-hydrogen) atoms. The van der Waals surface area contributed by atoms with Crippen molar-refractivity contribution >= 4 is 17.7 Å². The molecule has 0 bridgehead atoms. The van der Waals surface area contributed by atoms with Gasteiger partial charge in [0.25, 0.3) is 0 Å². The van der Waals surface area contributed by atoms with Gasteiger partial charge in [0.05, 0.1) is 12.4 Å². The number of fused-ring (bicyclic) bond motifs is 1. The molecular weight excluding hydrogens is 326 g/mol. The van der Waals surface area contributed by atoms with E-state index >= 15 is 0 Å². The molecule has 5 nitrogen and oxygen atoms in total. The van der Waals surface area contributed by atoms with Crippen LogP contribution in [-0.4, -0.2) is 25.1 Å². The lowest BCUT2D eigenvalue weighted by Gasteiger charge is -2.12. The zero-order valence-corrected chi connectivity index (χ0v) is 14.4. The van der Waals surface area contributed by atoms with Crippen molar-refractivity contribution in [1.82, 2.24) is 5.32 Å². The third-order valence-corrected chi connectivity index (χ3v) is 4.76. The van der Waals surface area contributed by atoms with Crippen molar-refractivity contribution in [1.29, 1.82) is 0 Å². The van der Waals surface area contributed by atoms with Gasteiger partial charge in [0, 0.05) is 11.4 Å². The number of thioether (sulfide) groups is 1. The first kappa shape index (κ1) is 16.5. The van der Waals surface area contributed by atoms with E-state index in [1.807, 2.05) is 49.4 Å². The van der Waals surface area contributed by atoms with Gasteiger partial charge >= 0.3 is 0 Å². The molecule has 0 saturated carbocycles. The SMILES string of the molecule is COc1ccc(SC(C)C(=O)NCc2ccc3c(c2)OCO3)cc1. The first-order valence-electron chi connectivity index (χ1n) is 7.62. The van der Waals surface area contributed by atoms with Crippen LogP contribution in [0.15, 0.2) is 47.4 Å². The molecule has 1 aliphatic heterocycles. The van der Waals surface area contributed by atoms with E-state index < -0.39 is 0 Å². The van der Waals surface area contributed by atoms with E-state index in [0.29, 0.717) is 6.54 Å². The van der Waals surface area contributed by atoms with Gasteiger partial charge in [-0.15, -0.1) is 11.8 Å². The predicted octanol–water partition coefficient (Wildman–Crippen LogP) is 3.22. The minimum Gasteiger partial charge on any atom is -0.497 e. The molecule has 0 fully saturated rings. The third-order valence-electron chi connectivity index (χ3n) is 3.65. The molecule has 0 saturated heterocycles. The Kier molecular flexibility index (Phi) is 5.15. The number of nitrogens with one attached hydrogen (secondary N) is 1. The van der Waals surface area contributed by atoms with Crippen LogP contribution < -0.4 is 19.5 Å². The minimum absolute atomic E-state index is 0.00603. The number of methoxy groups -OCH3 is 1. The first-order valence-corrected chi connectivity index (χ1v) is 8.50. The van der Waals surface area contributed by atoms with E-state index in [0.717, 1.165) is 27.7 Å². The standard InChI is InChI=1S/C18H19NO4S/c1-12(24-15-6-4-14(21-2)5-7-15)18(20)19-10-13-3-8-16-17(9-13)23-11-22-16/h3-9,12H,10-11H2,1-2H3,(H,19,20). The van der Waals surface area contributed by atoms with Crippen LogP contribution in [0, 0.1) is 0 Å². The van der Waals surface area contributed by atoms with Crippen LogP contribution in [-0.2, 0) is 11.3 Å². The number of rotatable bonds is 6. The van der Waals surface area contributed by atoms with Gasteiger partial charge in [0.2, 0.25) is 12.7 Å². The van der Waals surface area contributed by atoms with Crippen molar-refractivity contribution in [2.75, 3.05) is 13.9 Å². The van der Waals surface area contributed by atoms with Gasteiger partial charge in [-0.1, -0.05) is 6.07 Å². The Morgan fingerprint density at radius 2 is 1.96 bits per heavy atom. The van der Waals surface area contributed by atoms with Crippen molar-refractivity contribution in [2.45, 2.75) is 23.6 Å². The second-order valence-corrected chi connectivity index (χ2v) is 6.76. The molecule has 0 aliphatic carbocycles. The summed E-state index contributed by atoms with van der Waals surface area (Å²) in [6.45, 7) is 2.60. The first-order chi connectivity index (χ1) is 11.7. The molecule has 1 N–H and O–H groups in total. The maximum absolute atomic E-state index is 12.3. The fraction of sp³-hybridized carbons (Fsp3) is 0.278. The predicted molar refractivity (Wildman–Crippen MR) is 92.7 cm³/mol. The Balaban J connectivity index is 1.52. The van der Waals surface area contributed by atoms with E-state index in [9.17, 15) is 4.79 Å². The van der Waals surface area contributed by atoms with Crippen LogP contribution in [0.5, 0.6) is 17.2 Å². The Morgan fingerprint density at radius 3 is 2.71 bits per heavy atom. The van der Waals surface area contributed by atoms with Crippen LogP contribution in [0.3, 0.4) is 0 Å². The molecule has 1 aliphatic rings. The summed E-state index contributed by atoms with van der Waals surface area (Å²) in [6.07, 6.45) is 0. The van der Waals surface area contributed by atoms with E-state index in [1.54, 1.807) is 7.11 Å². The average molecular weight is 345 g/mol. The molecule has 2 aromatic carbocycles. The highest BCUT2D eigenvalue weighted by Gasteiger charge is 2.16. The van der Waals surface area contributed by atoms with E-state index in [1.165, 1.54) is 11.8 Å². The van der Waals surface area contributed by atoms with Crippen molar-refractivity contribution in [3.8, 4) is 17.2 Å². The van der Waals surface area contributed by atoms with Crippen molar-refractivity contribution in [3.63, 3.8) is 0 Å². The van der Waals surface area contributed by atoms with Gasteiger partial charge < -0.3 is 19.5 Å². The highest BCUT2D eigenvalue weighted by atomic mass is 32.2. The Bertz CT molecular complexity index is 717. The zero-order chi connectivity index (χ0) is 16.9. The smallest absolute Gasteiger partial charge is 0.233 e. The average Bonchev–Trinajstić information content (AvgIpc) is 3.08. The lowest BCUT2D eigenvalue weighted by Crippen LogP contribution is -2.30. The Labute approximate surface area is 145 Å². The minimum atomic E-state index is -0.188. The monoisotopic (exact) mass is 345 g/mol. The molecular formula is C18H19NO4S. The van der Waals surface area contributed by atoms with Crippen LogP contribution in [0.25, 0.3) is 0 Å². The molecule has 3 rings (SSSR count). The zero-order valence-electron chi connectivity index (χ0n) is 13.6. The summed E-state index contributed by atoms with van der Waals surface area (Å²) < 4.78 is 15.8. The lowest BCUT2D eigenvalue weighted by molar-refractivity contribution is -0.120. The summed E-state index contributed by atoms with van der Waals surface area (Å²) in [5.74, 6) is 2.27. The van der Waals surface area contributed by atoms with Crippen LogP contribution in [0.4, 0.5) is 0 Å². The molecule has 0 aromatic heterocycles. The number of amides is 1. The number of ether oxygens (including phenoxy) is 3. The molecule has 2 aromatic rings. The van der Waals surface area contributed by atoms with Gasteiger partial charge in [-0.2, -0.15) is 0 Å². The fourth-order valence-electron chi connectivity index (χ4n) is 2.30. The molecule has 6 heteroatoms. The lowest BCUT2D eigenvalue weighted by atomic mass is 10.2. The van der Waals surface area contributed by atoms with E-state index in [4.69, 9.17) is 14.2 Å².